The molecule has 0 atom stereocenters. The summed E-state index contributed by atoms with van der Waals surface area (Å²) in [5.41, 5.74) is 1.57. The van der Waals surface area contributed by atoms with Crippen LogP contribution in [0.4, 0.5) is 4.39 Å². The molecule has 5 rings (SSSR count). The Hall–Kier alpha value is -1.84. The van der Waals surface area contributed by atoms with Gasteiger partial charge in [0.05, 0.1) is 11.1 Å². The molecule has 4 heteroatoms. The topological polar surface area (TPSA) is 34.0 Å². The van der Waals surface area contributed by atoms with Crippen LogP contribution in [0.15, 0.2) is 24.4 Å². The summed E-state index contributed by atoms with van der Waals surface area (Å²) in [5, 5.41) is 3.60. The molecule has 0 saturated heterocycles. The fraction of sp³-hybridized carbons (Fsp3) is 0.571. The second-order valence-electron chi connectivity index (χ2n) is 8.03. The maximum absolute atomic E-state index is 14.4. The zero-order chi connectivity index (χ0) is 17.4. The molecule has 1 N–H and O–H groups in total. The third kappa shape index (κ3) is 2.96. The molecule has 3 fully saturated rings. The molecule has 3 aliphatic rings. The number of benzene rings is 1. The Kier molecular flexibility index (Phi) is 4.30. The number of aromatic nitrogens is 1. The quantitative estimate of drug-likeness (QED) is 0.825. The Labute approximate surface area is 148 Å². The van der Waals surface area contributed by atoms with Gasteiger partial charge >= 0.3 is 0 Å². The van der Waals surface area contributed by atoms with Crippen molar-refractivity contribution < 1.29 is 9.18 Å². The number of carbonyl (C=O) groups excluding carboxylic acids is 1. The van der Waals surface area contributed by atoms with Gasteiger partial charge in [0.25, 0.3) is 5.91 Å². The third-order valence-corrected chi connectivity index (χ3v) is 6.44. The van der Waals surface area contributed by atoms with E-state index in [0.717, 1.165) is 30.9 Å². The van der Waals surface area contributed by atoms with Crippen LogP contribution in [0.2, 0.25) is 0 Å². The Morgan fingerprint density at radius 3 is 2.68 bits per heavy atom. The Bertz CT molecular complexity index is 773. The van der Waals surface area contributed by atoms with Crippen LogP contribution in [0.5, 0.6) is 0 Å². The van der Waals surface area contributed by atoms with Gasteiger partial charge < -0.3 is 9.88 Å². The summed E-state index contributed by atoms with van der Waals surface area (Å²) < 4.78 is 16.4. The molecule has 1 aromatic heterocycles. The Morgan fingerprint density at radius 1 is 1.28 bits per heavy atom. The number of nitrogens with zero attached hydrogens (tertiary/aromatic N) is 1. The van der Waals surface area contributed by atoms with Crippen molar-refractivity contribution in [2.45, 2.75) is 58.4 Å². The average Bonchev–Trinajstić information content (AvgIpc) is 3.02. The van der Waals surface area contributed by atoms with Gasteiger partial charge in [-0.25, -0.2) is 4.39 Å². The molecule has 0 spiro atoms. The van der Waals surface area contributed by atoms with E-state index in [1.165, 1.54) is 44.6 Å². The van der Waals surface area contributed by atoms with E-state index < -0.39 is 0 Å². The van der Waals surface area contributed by atoms with E-state index in [0.29, 0.717) is 10.9 Å². The molecular formula is C21H27FN2O. The zero-order valence-electron chi connectivity index (χ0n) is 15.0. The molecule has 0 radical (unpaired) electrons. The van der Waals surface area contributed by atoms with Crippen LogP contribution in [0, 0.1) is 17.2 Å². The van der Waals surface area contributed by atoms with E-state index >= 15 is 0 Å². The van der Waals surface area contributed by atoms with E-state index in [2.05, 4.69) is 12.2 Å². The highest BCUT2D eigenvalue weighted by Crippen LogP contribution is 2.49. The highest BCUT2D eigenvalue weighted by molar-refractivity contribution is 6.07. The predicted octanol–water partition coefficient (Wildman–Crippen LogP) is 4.89. The molecule has 3 saturated carbocycles. The van der Waals surface area contributed by atoms with Gasteiger partial charge in [0, 0.05) is 24.7 Å². The van der Waals surface area contributed by atoms with E-state index in [9.17, 15) is 9.18 Å². The largest absolute Gasteiger partial charge is 0.351 e. The van der Waals surface area contributed by atoms with Crippen LogP contribution < -0.4 is 5.32 Å². The highest BCUT2D eigenvalue weighted by Gasteiger charge is 2.40. The molecule has 2 aromatic rings. The molecule has 3 aliphatic carbocycles. The van der Waals surface area contributed by atoms with Crippen LogP contribution in [-0.2, 0) is 6.54 Å². The van der Waals surface area contributed by atoms with Gasteiger partial charge in [-0.3, -0.25) is 4.79 Å². The normalized spacial score (nSPS) is 25.4. The first kappa shape index (κ1) is 16.6. The lowest BCUT2D eigenvalue weighted by Gasteiger charge is -2.46. The Balaban J connectivity index is 1.57. The molecule has 0 aliphatic heterocycles. The van der Waals surface area contributed by atoms with Gasteiger partial charge in [-0.05, 0) is 68.4 Å². The molecule has 2 bridgehead atoms. The van der Waals surface area contributed by atoms with E-state index in [1.54, 1.807) is 6.07 Å². The molecule has 0 unspecified atom stereocenters. The van der Waals surface area contributed by atoms with Crippen molar-refractivity contribution in [3.8, 4) is 0 Å². The fourth-order valence-corrected chi connectivity index (χ4v) is 4.87. The van der Waals surface area contributed by atoms with Gasteiger partial charge in [0.15, 0.2) is 0 Å². The van der Waals surface area contributed by atoms with E-state index in [-0.39, 0.29) is 17.1 Å². The van der Waals surface area contributed by atoms with Gasteiger partial charge in [-0.1, -0.05) is 13.0 Å². The monoisotopic (exact) mass is 342 g/mol. The van der Waals surface area contributed by atoms with Crippen molar-refractivity contribution in [3.05, 3.63) is 35.8 Å². The maximum Gasteiger partial charge on any atom is 0.253 e. The van der Waals surface area contributed by atoms with Gasteiger partial charge in [-0.2, -0.15) is 0 Å². The lowest BCUT2D eigenvalue weighted by Crippen LogP contribution is -2.43. The number of fused-ring (bicyclic) bond motifs is 4. The lowest BCUT2D eigenvalue weighted by molar-refractivity contribution is 0.0597. The van der Waals surface area contributed by atoms with E-state index in [1.807, 2.05) is 16.8 Å². The van der Waals surface area contributed by atoms with Gasteiger partial charge in [-0.15, -0.1) is 0 Å². The number of carbonyl (C=O) groups is 1. The smallest absolute Gasteiger partial charge is 0.253 e. The lowest BCUT2D eigenvalue weighted by atomic mass is 9.61. The standard InChI is InChI=1S/C21H27FN2O/c1-2-12-24-13-16(19-17(22)4-3-5-18(19)24)20(25)23-14-21-9-6-15(7-10-21)8-11-21/h3-5,13,15H,2,6-12,14H2,1H3,(H,23,25). The molecule has 25 heavy (non-hydrogen) atoms. The number of hydrogen-bond acceptors (Lipinski definition) is 1. The average molecular weight is 342 g/mol. The number of hydrogen-bond donors (Lipinski definition) is 1. The molecule has 134 valence electrons. The fourth-order valence-electron chi connectivity index (χ4n) is 4.87. The Morgan fingerprint density at radius 2 is 2.00 bits per heavy atom. The summed E-state index contributed by atoms with van der Waals surface area (Å²) in [4.78, 5) is 12.9. The second kappa shape index (κ2) is 6.47. The number of aryl methyl sites for hydroxylation is 1. The van der Waals surface area contributed by atoms with Crippen LogP contribution in [0.25, 0.3) is 10.9 Å². The van der Waals surface area contributed by atoms with Crippen molar-refractivity contribution in [1.82, 2.24) is 9.88 Å². The summed E-state index contributed by atoms with van der Waals surface area (Å²) in [6.45, 7) is 3.61. The van der Waals surface area contributed by atoms with Gasteiger partial charge in [0.1, 0.15) is 5.82 Å². The number of nitrogens with one attached hydrogen (secondary N) is 1. The van der Waals surface area contributed by atoms with Crippen LogP contribution in [-0.4, -0.2) is 17.0 Å². The first-order chi connectivity index (χ1) is 12.1. The van der Waals surface area contributed by atoms with Crippen molar-refractivity contribution in [2.24, 2.45) is 11.3 Å². The van der Waals surface area contributed by atoms with Gasteiger partial charge in [0.2, 0.25) is 0 Å². The first-order valence-corrected chi connectivity index (χ1v) is 9.67. The molecular weight excluding hydrogens is 315 g/mol. The summed E-state index contributed by atoms with van der Waals surface area (Å²) in [6, 6.07) is 5.05. The molecule has 3 nitrogen and oxygen atoms in total. The first-order valence-electron chi connectivity index (χ1n) is 9.67. The summed E-state index contributed by atoms with van der Waals surface area (Å²) in [6.07, 6.45) is 10.4. The van der Waals surface area contributed by atoms with Crippen LogP contribution in [0.3, 0.4) is 0 Å². The molecule has 1 amide bonds. The number of amides is 1. The SMILES string of the molecule is CCCn1cc(C(=O)NCC23CCC(CC2)CC3)c2c(F)cccc21. The maximum atomic E-state index is 14.4. The van der Waals surface area contributed by atoms with Crippen molar-refractivity contribution in [2.75, 3.05) is 6.54 Å². The highest BCUT2D eigenvalue weighted by atomic mass is 19.1. The minimum Gasteiger partial charge on any atom is -0.351 e. The summed E-state index contributed by atoms with van der Waals surface area (Å²) >= 11 is 0. The minimum absolute atomic E-state index is 0.132. The summed E-state index contributed by atoms with van der Waals surface area (Å²) in [5.74, 6) is 0.472. The second-order valence-corrected chi connectivity index (χ2v) is 8.03. The minimum atomic E-state index is -0.311. The van der Waals surface area contributed by atoms with Crippen molar-refractivity contribution in [3.63, 3.8) is 0 Å². The summed E-state index contributed by atoms with van der Waals surface area (Å²) in [7, 11) is 0. The van der Waals surface area contributed by atoms with E-state index in [4.69, 9.17) is 0 Å². The molecule has 1 heterocycles. The van der Waals surface area contributed by atoms with Crippen LogP contribution >= 0.6 is 0 Å². The molecule has 1 aromatic carbocycles. The third-order valence-electron chi connectivity index (χ3n) is 6.44. The number of rotatable bonds is 5. The predicted molar refractivity (Wildman–Crippen MR) is 98.1 cm³/mol. The van der Waals surface area contributed by atoms with Crippen molar-refractivity contribution >= 4 is 16.8 Å². The van der Waals surface area contributed by atoms with Crippen molar-refractivity contribution in [1.29, 1.82) is 0 Å². The zero-order valence-corrected chi connectivity index (χ0v) is 15.0. The van der Waals surface area contributed by atoms with Crippen LogP contribution in [0.1, 0.15) is 62.2 Å². The number of halogens is 1.